The van der Waals surface area contributed by atoms with Crippen molar-refractivity contribution < 1.29 is 0 Å². The topological polar surface area (TPSA) is 45.4 Å². The predicted octanol–water partition coefficient (Wildman–Crippen LogP) is 1.40. The molecule has 1 aromatic rings. The van der Waals surface area contributed by atoms with E-state index in [2.05, 4.69) is 14.8 Å². The third-order valence-corrected chi connectivity index (χ3v) is 4.49. The van der Waals surface area contributed by atoms with Gasteiger partial charge in [0.2, 0.25) is 0 Å². The van der Waals surface area contributed by atoms with Crippen molar-refractivity contribution in [1.29, 1.82) is 0 Å². The zero-order valence-corrected chi connectivity index (χ0v) is 10.2. The number of hydrogen-bond acceptors (Lipinski definition) is 5. The summed E-state index contributed by atoms with van der Waals surface area (Å²) < 4.78 is 0. The second-order valence-corrected chi connectivity index (χ2v) is 5.72. The van der Waals surface area contributed by atoms with Gasteiger partial charge in [-0.3, -0.25) is 4.90 Å². The van der Waals surface area contributed by atoms with Crippen LogP contribution in [0.5, 0.6) is 0 Å². The van der Waals surface area contributed by atoms with Crippen molar-refractivity contribution in [3.63, 3.8) is 0 Å². The Bertz CT molecular complexity index is 359. The molecule has 0 radical (unpaired) electrons. The van der Waals surface area contributed by atoms with Crippen LogP contribution in [-0.4, -0.2) is 42.1 Å². The fourth-order valence-corrected chi connectivity index (χ4v) is 3.46. The third kappa shape index (κ3) is 1.89. The molecule has 2 saturated heterocycles. The first-order valence-corrected chi connectivity index (χ1v) is 6.85. The van der Waals surface area contributed by atoms with Gasteiger partial charge in [0.05, 0.1) is 6.20 Å². The van der Waals surface area contributed by atoms with Crippen LogP contribution >= 0.6 is 11.3 Å². The van der Waals surface area contributed by atoms with E-state index in [1.807, 2.05) is 0 Å². The summed E-state index contributed by atoms with van der Waals surface area (Å²) in [6.07, 6.45) is 5.80. The van der Waals surface area contributed by atoms with Crippen LogP contribution in [0.1, 0.15) is 19.3 Å². The van der Waals surface area contributed by atoms with Crippen LogP contribution in [0, 0.1) is 0 Å². The van der Waals surface area contributed by atoms with Crippen LogP contribution in [0.4, 0.5) is 10.1 Å². The van der Waals surface area contributed by atoms with Crippen molar-refractivity contribution in [3.05, 3.63) is 6.20 Å². The average Bonchev–Trinajstić information content (AvgIpc) is 2.97. The van der Waals surface area contributed by atoms with Gasteiger partial charge in [0, 0.05) is 19.1 Å². The summed E-state index contributed by atoms with van der Waals surface area (Å²) in [5.41, 5.74) is 5.72. The molecule has 2 N–H and O–H groups in total. The Morgan fingerprint density at radius 2 is 2.12 bits per heavy atom. The number of anilines is 2. The van der Waals surface area contributed by atoms with E-state index >= 15 is 0 Å². The number of rotatable bonds is 2. The SMILES string of the molecule is Nc1cnc(N2CCC(N3CCCC3)C2)s1. The minimum Gasteiger partial charge on any atom is -0.389 e. The van der Waals surface area contributed by atoms with Gasteiger partial charge >= 0.3 is 0 Å². The molecule has 1 atom stereocenters. The highest BCUT2D eigenvalue weighted by Crippen LogP contribution is 2.29. The van der Waals surface area contributed by atoms with E-state index in [0.717, 1.165) is 29.3 Å². The molecule has 1 unspecified atom stereocenters. The zero-order chi connectivity index (χ0) is 11.0. The number of aromatic nitrogens is 1. The third-order valence-electron chi connectivity index (χ3n) is 3.60. The van der Waals surface area contributed by atoms with Crippen LogP contribution < -0.4 is 10.6 Å². The lowest BCUT2D eigenvalue weighted by Gasteiger charge is -2.23. The maximum Gasteiger partial charge on any atom is 0.187 e. The van der Waals surface area contributed by atoms with Gasteiger partial charge < -0.3 is 10.6 Å². The van der Waals surface area contributed by atoms with Crippen LogP contribution in [-0.2, 0) is 0 Å². The van der Waals surface area contributed by atoms with E-state index < -0.39 is 0 Å². The highest BCUT2D eigenvalue weighted by molar-refractivity contribution is 7.19. The van der Waals surface area contributed by atoms with Gasteiger partial charge in [0.25, 0.3) is 0 Å². The molecule has 1 aromatic heterocycles. The Hall–Kier alpha value is -0.810. The second kappa shape index (κ2) is 4.22. The first kappa shape index (κ1) is 10.4. The van der Waals surface area contributed by atoms with Gasteiger partial charge in [0.1, 0.15) is 5.00 Å². The molecule has 0 aliphatic carbocycles. The Morgan fingerprint density at radius 1 is 1.31 bits per heavy atom. The summed E-state index contributed by atoms with van der Waals surface area (Å²) in [5, 5.41) is 1.92. The summed E-state index contributed by atoms with van der Waals surface area (Å²) in [6, 6.07) is 0.743. The van der Waals surface area contributed by atoms with Gasteiger partial charge in [-0.05, 0) is 32.4 Å². The van der Waals surface area contributed by atoms with E-state index in [0.29, 0.717) is 0 Å². The molecule has 2 fully saturated rings. The van der Waals surface area contributed by atoms with Crippen molar-refractivity contribution in [1.82, 2.24) is 9.88 Å². The van der Waals surface area contributed by atoms with Crippen molar-refractivity contribution in [3.8, 4) is 0 Å². The largest absolute Gasteiger partial charge is 0.389 e. The minimum atomic E-state index is 0.743. The lowest BCUT2D eigenvalue weighted by Crippen LogP contribution is -2.35. The van der Waals surface area contributed by atoms with Crippen molar-refractivity contribution in [2.75, 3.05) is 36.8 Å². The van der Waals surface area contributed by atoms with Gasteiger partial charge in [-0.2, -0.15) is 0 Å². The number of nitrogens with two attached hydrogens (primary N) is 1. The molecule has 88 valence electrons. The quantitative estimate of drug-likeness (QED) is 0.846. The normalized spacial score (nSPS) is 26.8. The second-order valence-electron chi connectivity index (χ2n) is 4.68. The van der Waals surface area contributed by atoms with Gasteiger partial charge in [-0.25, -0.2) is 4.98 Å². The summed E-state index contributed by atoms with van der Waals surface area (Å²) in [6.45, 7) is 4.85. The highest BCUT2D eigenvalue weighted by Gasteiger charge is 2.30. The van der Waals surface area contributed by atoms with E-state index in [1.54, 1.807) is 17.5 Å². The van der Waals surface area contributed by atoms with Crippen LogP contribution in [0.15, 0.2) is 6.20 Å². The Morgan fingerprint density at radius 3 is 2.81 bits per heavy atom. The summed E-state index contributed by atoms with van der Waals surface area (Å²) >= 11 is 1.60. The molecule has 0 spiro atoms. The highest BCUT2D eigenvalue weighted by atomic mass is 32.1. The maximum atomic E-state index is 5.72. The van der Waals surface area contributed by atoms with E-state index in [1.165, 1.54) is 32.4 Å². The monoisotopic (exact) mass is 238 g/mol. The molecule has 0 amide bonds. The number of nitrogen functional groups attached to an aromatic ring is 1. The first-order valence-electron chi connectivity index (χ1n) is 6.03. The van der Waals surface area contributed by atoms with Gasteiger partial charge in [-0.15, -0.1) is 0 Å². The Balaban J connectivity index is 1.64. The molecule has 0 bridgehead atoms. The van der Waals surface area contributed by atoms with Gasteiger partial charge in [0.15, 0.2) is 5.13 Å². The van der Waals surface area contributed by atoms with E-state index in [9.17, 15) is 0 Å². The van der Waals surface area contributed by atoms with Crippen molar-refractivity contribution in [2.45, 2.75) is 25.3 Å². The average molecular weight is 238 g/mol. The molecule has 0 aromatic carbocycles. The number of hydrogen-bond donors (Lipinski definition) is 1. The standard InChI is InChI=1S/C11H18N4S/c12-10-7-13-11(16-10)15-6-3-9(8-15)14-4-1-2-5-14/h7,9H,1-6,8,12H2. The molecule has 5 heteroatoms. The van der Waals surface area contributed by atoms with Crippen LogP contribution in [0.2, 0.25) is 0 Å². The molecule has 4 nitrogen and oxygen atoms in total. The number of thiazole rings is 1. The van der Waals surface area contributed by atoms with E-state index in [4.69, 9.17) is 5.73 Å². The van der Waals surface area contributed by atoms with Crippen LogP contribution in [0.25, 0.3) is 0 Å². The molecule has 3 heterocycles. The minimum absolute atomic E-state index is 0.743. The Kier molecular flexibility index (Phi) is 2.73. The summed E-state index contributed by atoms with van der Waals surface area (Å²) in [7, 11) is 0. The lowest BCUT2D eigenvalue weighted by atomic mass is 10.2. The van der Waals surface area contributed by atoms with Gasteiger partial charge in [-0.1, -0.05) is 11.3 Å². The van der Waals surface area contributed by atoms with Crippen molar-refractivity contribution in [2.24, 2.45) is 0 Å². The smallest absolute Gasteiger partial charge is 0.187 e. The predicted molar refractivity (Wildman–Crippen MR) is 68.0 cm³/mol. The first-order chi connectivity index (χ1) is 7.83. The summed E-state index contributed by atoms with van der Waals surface area (Å²) in [5.74, 6) is 0. The number of nitrogens with zero attached hydrogens (tertiary/aromatic N) is 3. The molecular formula is C11H18N4S. The fraction of sp³-hybridized carbons (Fsp3) is 0.727. The maximum absolute atomic E-state index is 5.72. The lowest BCUT2D eigenvalue weighted by molar-refractivity contribution is 0.260. The fourth-order valence-electron chi connectivity index (χ4n) is 2.74. The molecule has 2 aliphatic heterocycles. The summed E-state index contributed by atoms with van der Waals surface area (Å²) in [4.78, 5) is 9.37. The zero-order valence-electron chi connectivity index (χ0n) is 9.43. The number of likely N-dealkylation sites (tertiary alicyclic amines) is 1. The molecule has 2 aliphatic rings. The Labute approximate surface area is 100 Å². The molecule has 3 rings (SSSR count). The van der Waals surface area contributed by atoms with E-state index in [-0.39, 0.29) is 0 Å². The molecule has 16 heavy (non-hydrogen) atoms. The van der Waals surface area contributed by atoms with Crippen LogP contribution in [0.3, 0.4) is 0 Å². The molecule has 0 saturated carbocycles. The van der Waals surface area contributed by atoms with Crippen molar-refractivity contribution >= 4 is 21.5 Å². The molecular weight excluding hydrogens is 220 g/mol.